The van der Waals surface area contributed by atoms with Gasteiger partial charge in [-0.1, -0.05) is 6.42 Å². The zero-order valence-electron chi connectivity index (χ0n) is 16.5. The molecule has 0 spiro atoms. The summed E-state index contributed by atoms with van der Waals surface area (Å²) < 4.78 is 11.0. The molecular weight excluding hydrogens is 340 g/mol. The fourth-order valence-corrected chi connectivity index (χ4v) is 5.68. The lowest BCUT2D eigenvalue weighted by molar-refractivity contribution is -0.139. The molecule has 1 aliphatic heterocycles. The van der Waals surface area contributed by atoms with E-state index in [1.54, 1.807) is 14.2 Å². The van der Waals surface area contributed by atoms with Crippen molar-refractivity contribution in [1.82, 2.24) is 4.90 Å². The normalized spacial score (nSPS) is 33.0. The van der Waals surface area contributed by atoms with Gasteiger partial charge >= 0.3 is 0 Å². The van der Waals surface area contributed by atoms with Crippen LogP contribution in [0.4, 0.5) is 0 Å². The van der Waals surface area contributed by atoms with Gasteiger partial charge in [0.05, 0.1) is 20.3 Å². The van der Waals surface area contributed by atoms with Crippen LogP contribution in [0.25, 0.3) is 0 Å². The number of nitrogens with two attached hydrogens (primary N) is 1. The van der Waals surface area contributed by atoms with E-state index >= 15 is 0 Å². The van der Waals surface area contributed by atoms with Crippen LogP contribution in [0.5, 0.6) is 11.5 Å². The van der Waals surface area contributed by atoms with Crippen LogP contribution in [0.2, 0.25) is 0 Å². The molecule has 3 fully saturated rings. The van der Waals surface area contributed by atoms with Gasteiger partial charge in [-0.25, -0.2) is 0 Å². The van der Waals surface area contributed by atoms with Gasteiger partial charge in [0.15, 0.2) is 0 Å². The molecule has 0 aromatic heterocycles. The van der Waals surface area contributed by atoms with Crippen molar-refractivity contribution in [1.29, 1.82) is 0 Å². The van der Waals surface area contributed by atoms with Crippen molar-refractivity contribution in [3.63, 3.8) is 0 Å². The van der Waals surface area contributed by atoms with Crippen molar-refractivity contribution < 1.29 is 14.3 Å². The maximum Gasteiger partial charge on any atom is 0.226 e. The first-order valence-electron chi connectivity index (χ1n) is 10.4. The lowest BCUT2D eigenvalue weighted by Crippen LogP contribution is -2.49. The highest BCUT2D eigenvalue weighted by atomic mass is 16.5. The van der Waals surface area contributed by atoms with E-state index in [9.17, 15) is 4.79 Å². The predicted octanol–water partition coefficient (Wildman–Crippen LogP) is 3.52. The van der Waals surface area contributed by atoms with Crippen molar-refractivity contribution in [2.45, 2.75) is 57.0 Å². The zero-order chi connectivity index (χ0) is 19.0. The molecule has 0 radical (unpaired) electrons. The highest BCUT2D eigenvalue weighted by molar-refractivity contribution is 5.80. The summed E-state index contributed by atoms with van der Waals surface area (Å²) in [5.41, 5.74) is 7.50. The smallest absolute Gasteiger partial charge is 0.226 e. The summed E-state index contributed by atoms with van der Waals surface area (Å²) in [5.74, 6) is 3.16. The summed E-state index contributed by atoms with van der Waals surface area (Å²) in [6, 6.07) is 6.26. The van der Waals surface area contributed by atoms with Crippen LogP contribution >= 0.6 is 0 Å². The Hall–Kier alpha value is -1.75. The Labute approximate surface area is 162 Å². The maximum atomic E-state index is 13.5. The van der Waals surface area contributed by atoms with Crippen molar-refractivity contribution in [3.8, 4) is 11.5 Å². The molecular formula is C22H32N2O3. The number of hydrogen-bond donors (Lipinski definition) is 1. The second kappa shape index (κ2) is 7.70. The van der Waals surface area contributed by atoms with Crippen molar-refractivity contribution in [2.24, 2.45) is 23.5 Å². The standard InChI is InChI=1S/C22H32N2O3/c1-26-17-8-9-20(27-2)18(13-17)19-7-4-10-24(19)22(25)16-11-14-5-3-6-15(12-16)21(14)23/h8-9,13-16,19,21H,3-7,10-12,23H2,1-2H3. The largest absolute Gasteiger partial charge is 0.497 e. The van der Waals surface area contributed by atoms with E-state index in [1.807, 2.05) is 18.2 Å². The maximum absolute atomic E-state index is 13.5. The van der Waals surface area contributed by atoms with Crippen molar-refractivity contribution in [3.05, 3.63) is 23.8 Å². The molecule has 2 bridgehead atoms. The number of likely N-dealkylation sites (tertiary alicyclic amines) is 1. The summed E-state index contributed by atoms with van der Waals surface area (Å²) in [6.07, 6.45) is 7.61. The molecule has 2 N–H and O–H groups in total. The SMILES string of the molecule is COc1ccc(OC)c(C2CCCN2C(=O)C2CC3CCCC(C2)C3N)c1. The molecule has 3 unspecified atom stereocenters. The van der Waals surface area contributed by atoms with E-state index in [0.717, 1.165) is 49.3 Å². The van der Waals surface area contributed by atoms with Crippen LogP contribution in [0.1, 0.15) is 56.6 Å². The second-order valence-corrected chi connectivity index (χ2v) is 8.49. The van der Waals surface area contributed by atoms with Crippen LogP contribution < -0.4 is 15.2 Å². The lowest BCUT2D eigenvalue weighted by Gasteiger charge is -2.44. The third kappa shape index (κ3) is 3.42. The van der Waals surface area contributed by atoms with Gasteiger partial charge in [0.25, 0.3) is 0 Å². The molecule has 148 valence electrons. The zero-order valence-corrected chi connectivity index (χ0v) is 16.5. The summed E-state index contributed by atoms with van der Waals surface area (Å²) in [6.45, 7) is 0.835. The van der Waals surface area contributed by atoms with Gasteiger partial charge in [-0.3, -0.25) is 4.79 Å². The van der Waals surface area contributed by atoms with Gasteiger partial charge in [0.1, 0.15) is 11.5 Å². The average molecular weight is 373 g/mol. The lowest BCUT2D eigenvalue weighted by atomic mass is 9.65. The third-order valence-electron chi connectivity index (χ3n) is 7.09. The Bertz CT molecular complexity index is 678. The van der Waals surface area contributed by atoms with E-state index in [2.05, 4.69) is 4.90 Å². The van der Waals surface area contributed by atoms with E-state index in [4.69, 9.17) is 15.2 Å². The summed E-state index contributed by atoms with van der Waals surface area (Å²) >= 11 is 0. The Morgan fingerprint density at radius 2 is 1.81 bits per heavy atom. The fraction of sp³-hybridized carbons (Fsp3) is 0.682. The monoisotopic (exact) mass is 372 g/mol. The summed E-state index contributed by atoms with van der Waals surface area (Å²) in [7, 11) is 3.36. The molecule has 5 nitrogen and oxygen atoms in total. The number of nitrogens with zero attached hydrogens (tertiary/aromatic N) is 1. The van der Waals surface area contributed by atoms with Crippen molar-refractivity contribution >= 4 is 5.91 Å². The highest BCUT2D eigenvalue weighted by Gasteiger charge is 2.43. The first kappa shape index (κ1) is 18.6. The van der Waals surface area contributed by atoms with Gasteiger partial charge in [-0.15, -0.1) is 0 Å². The Morgan fingerprint density at radius 1 is 1.07 bits per heavy atom. The molecule has 1 saturated heterocycles. The van der Waals surface area contributed by atoms with Crippen LogP contribution in [-0.2, 0) is 4.79 Å². The van der Waals surface area contributed by atoms with Gasteiger partial charge in [0.2, 0.25) is 5.91 Å². The quantitative estimate of drug-likeness (QED) is 0.878. The number of hydrogen-bond acceptors (Lipinski definition) is 4. The number of amides is 1. The highest BCUT2D eigenvalue weighted by Crippen LogP contribution is 2.45. The predicted molar refractivity (Wildman–Crippen MR) is 105 cm³/mol. The Balaban J connectivity index is 1.56. The van der Waals surface area contributed by atoms with Crippen LogP contribution in [-0.4, -0.2) is 37.6 Å². The Morgan fingerprint density at radius 3 is 2.48 bits per heavy atom. The minimum atomic E-state index is 0.0815. The number of fused-ring (bicyclic) bond motifs is 2. The average Bonchev–Trinajstić information content (AvgIpc) is 3.16. The van der Waals surface area contributed by atoms with Crippen LogP contribution in [0.15, 0.2) is 18.2 Å². The van der Waals surface area contributed by atoms with Gasteiger partial charge in [0, 0.05) is 24.1 Å². The number of rotatable bonds is 4. The molecule has 3 atom stereocenters. The number of carbonyl (C=O) groups is 1. The molecule has 4 rings (SSSR count). The molecule has 2 aliphatic carbocycles. The molecule has 27 heavy (non-hydrogen) atoms. The van der Waals surface area contributed by atoms with E-state index in [0.29, 0.717) is 23.8 Å². The molecule has 1 amide bonds. The van der Waals surface area contributed by atoms with E-state index < -0.39 is 0 Å². The van der Waals surface area contributed by atoms with Crippen molar-refractivity contribution in [2.75, 3.05) is 20.8 Å². The Kier molecular flexibility index (Phi) is 5.31. The van der Waals surface area contributed by atoms with Gasteiger partial charge < -0.3 is 20.1 Å². The van der Waals surface area contributed by atoms with Gasteiger partial charge in [-0.2, -0.15) is 0 Å². The molecule has 1 aromatic carbocycles. The summed E-state index contributed by atoms with van der Waals surface area (Å²) in [4.78, 5) is 15.6. The third-order valence-corrected chi connectivity index (χ3v) is 7.09. The van der Waals surface area contributed by atoms with Gasteiger partial charge in [-0.05, 0) is 68.6 Å². The topological polar surface area (TPSA) is 64.8 Å². The first-order chi connectivity index (χ1) is 13.1. The van der Waals surface area contributed by atoms with Crippen LogP contribution in [0, 0.1) is 17.8 Å². The number of benzene rings is 1. The number of carbonyl (C=O) groups excluding carboxylic acids is 1. The minimum absolute atomic E-state index is 0.0815. The molecule has 5 heteroatoms. The molecule has 1 heterocycles. The minimum Gasteiger partial charge on any atom is -0.497 e. The fourth-order valence-electron chi connectivity index (χ4n) is 5.68. The molecule has 2 saturated carbocycles. The molecule has 1 aromatic rings. The van der Waals surface area contributed by atoms with E-state index in [-0.39, 0.29) is 12.0 Å². The van der Waals surface area contributed by atoms with E-state index in [1.165, 1.54) is 19.3 Å². The second-order valence-electron chi connectivity index (χ2n) is 8.49. The number of ether oxygens (including phenoxy) is 2. The number of methoxy groups -OCH3 is 2. The molecule has 3 aliphatic rings. The first-order valence-corrected chi connectivity index (χ1v) is 10.4. The summed E-state index contributed by atoms with van der Waals surface area (Å²) in [5, 5.41) is 0. The van der Waals surface area contributed by atoms with Crippen LogP contribution in [0.3, 0.4) is 0 Å².